The molecular weight excluding hydrogens is 276 g/mol. The van der Waals surface area contributed by atoms with E-state index >= 15 is 0 Å². The first kappa shape index (κ1) is 19.5. The Kier molecular flexibility index (Phi) is 7.37. The van der Waals surface area contributed by atoms with Gasteiger partial charge in [0.2, 0.25) is 6.29 Å². The monoisotopic (exact) mass is 312 g/mol. The van der Waals surface area contributed by atoms with Gasteiger partial charge in [0.05, 0.1) is 12.0 Å². The van der Waals surface area contributed by atoms with Gasteiger partial charge >= 0.3 is 5.97 Å². The second kappa shape index (κ2) is 8.33. The quantitative estimate of drug-likeness (QED) is 0.471. The molecule has 3 nitrogen and oxygen atoms in total. The molecule has 3 heteroatoms. The summed E-state index contributed by atoms with van der Waals surface area (Å²) in [6.45, 7) is 12.7. The molecule has 1 unspecified atom stereocenters. The van der Waals surface area contributed by atoms with E-state index in [-0.39, 0.29) is 11.4 Å². The van der Waals surface area contributed by atoms with Crippen molar-refractivity contribution in [2.24, 2.45) is 16.7 Å². The summed E-state index contributed by atoms with van der Waals surface area (Å²) in [6.07, 6.45) is 8.13. The topological polar surface area (TPSA) is 35.5 Å². The van der Waals surface area contributed by atoms with Gasteiger partial charge in [0.25, 0.3) is 0 Å². The molecule has 0 aromatic rings. The molecule has 130 valence electrons. The fraction of sp³-hybridized carbons (Fsp3) is 0.947. The molecule has 1 saturated carbocycles. The molecule has 0 N–H and O–H groups in total. The fourth-order valence-corrected chi connectivity index (χ4v) is 2.68. The van der Waals surface area contributed by atoms with E-state index in [0.717, 1.165) is 18.8 Å². The van der Waals surface area contributed by atoms with Crippen LogP contribution in [0.5, 0.6) is 0 Å². The van der Waals surface area contributed by atoms with E-state index in [1.165, 1.54) is 32.1 Å². The number of hydrogen-bond donors (Lipinski definition) is 0. The zero-order valence-electron chi connectivity index (χ0n) is 15.5. The summed E-state index contributed by atoms with van der Waals surface area (Å²) in [7, 11) is 0. The van der Waals surface area contributed by atoms with Crippen LogP contribution in [0.2, 0.25) is 0 Å². The summed E-state index contributed by atoms with van der Waals surface area (Å²) in [5.41, 5.74) is -0.651. The fourth-order valence-electron chi connectivity index (χ4n) is 2.68. The van der Waals surface area contributed by atoms with Gasteiger partial charge in [-0.3, -0.25) is 4.79 Å². The predicted octanol–water partition coefficient (Wildman–Crippen LogP) is 5.33. The number of esters is 1. The Morgan fingerprint density at radius 3 is 2.18 bits per heavy atom. The highest BCUT2D eigenvalue weighted by Gasteiger charge is 2.35. The van der Waals surface area contributed by atoms with Crippen LogP contribution in [0.1, 0.15) is 86.5 Å². The van der Waals surface area contributed by atoms with Gasteiger partial charge in [0, 0.05) is 5.41 Å². The Morgan fingerprint density at radius 1 is 1.09 bits per heavy atom. The molecule has 1 fully saturated rings. The first-order chi connectivity index (χ1) is 10.2. The van der Waals surface area contributed by atoms with E-state index in [0.29, 0.717) is 6.61 Å². The summed E-state index contributed by atoms with van der Waals surface area (Å²) in [5, 5.41) is 0. The highest BCUT2D eigenvalue weighted by Crippen LogP contribution is 2.30. The first-order valence-corrected chi connectivity index (χ1v) is 8.99. The van der Waals surface area contributed by atoms with Gasteiger partial charge in [-0.15, -0.1) is 0 Å². The lowest BCUT2D eigenvalue weighted by molar-refractivity contribution is -0.212. The molecule has 0 aromatic carbocycles. The number of rotatable bonds is 7. The minimum absolute atomic E-state index is 0.160. The van der Waals surface area contributed by atoms with Crippen molar-refractivity contribution in [1.29, 1.82) is 0 Å². The van der Waals surface area contributed by atoms with Crippen molar-refractivity contribution in [1.82, 2.24) is 0 Å². The second-order valence-corrected chi connectivity index (χ2v) is 8.50. The maximum atomic E-state index is 12.3. The zero-order valence-corrected chi connectivity index (χ0v) is 15.5. The van der Waals surface area contributed by atoms with Crippen molar-refractivity contribution in [3.63, 3.8) is 0 Å². The molecule has 0 radical (unpaired) electrons. The Hall–Kier alpha value is -0.570. The lowest BCUT2D eigenvalue weighted by Gasteiger charge is -2.33. The highest BCUT2D eigenvalue weighted by molar-refractivity contribution is 5.75. The standard InChI is InChI=1S/C19H36O3/c1-7-19(5,6)16(20)22-17(18(2,3)4)21-14-13-15-11-9-8-10-12-15/h15,17H,7-14H2,1-6H3. The maximum absolute atomic E-state index is 12.3. The second-order valence-electron chi connectivity index (χ2n) is 8.50. The van der Waals surface area contributed by atoms with Crippen molar-refractivity contribution in [2.45, 2.75) is 92.8 Å². The summed E-state index contributed by atoms with van der Waals surface area (Å²) in [5.74, 6) is 0.629. The molecule has 1 rings (SSSR count). The van der Waals surface area contributed by atoms with Gasteiger partial charge in [0.15, 0.2) is 0 Å². The van der Waals surface area contributed by atoms with Crippen molar-refractivity contribution < 1.29 is 14.3 Å². The normalized spacial score (nSPS) is 19.0. The minimum Gasteiger partial charge on any atom is -0.435 e. The van der Waals surface area contributed by atoms with Gasteiger partial charge in [0.1, 0.15) is 0 Å². The molecule has 0 heterocycles. The molecule has 0 aliphatic heterocycles. The van der Waals surface area contributed by atoms with E-state index in [1.807, 2.05) is 20.8 Å². The highest BCUT2D eigenvalue weighted by atomic mass is 16.7. The van der Waals surface area contributed by atoms with Crippen LogP contribution >= 0.6 is 0 Å². The molecule has 22 heavy (non-hydrogen) atoms. The van der Waals surface area contributed by atoms with Crippen molar-refractivity contribution >= 4 is 5.97 Å². The van der Waals surface area contributed by atoms with Crippen molar-refractivity contribution in [3.8, 4) is 0 Å². The average Bonchev–Trinajstić information content (AvgIpc) is 2.46. The Labute approximate surface area is 137 Å². The summed E-state index contributed by atoms with van der Waals surface area (Å²) >= 11 is 0. The summed E-state index contributed by atoms with van der Waals surface area (Å²) < 4.78 is 11.7. The molecule has 0 spiro atoms. The van der Waals surface area contributed by atoms with E-state index in [1.54, 1.807) is 0 Å². The van der Waals surface area contributed by atoms with Crippen LogP contribution in [0.15, 0.2) is 0 Å². The van der Waals surface area contributed by atoms with Crippen molar-refractivity contribution in [3.05, 3.63) is 0 Å². The molecule has 1 aliphatic rings. The maximum Gasteiger partial charge on any atom is 0.313 e. The molecule has 0 aromatic heterocycles. The van der Waals surface area contributed by atoms with Gasteiger partial charge < -0.3 is 9.47 Å². The lowest BCUT2D eigenvalue weighted by atomic mass is 9.87. The lowest BCUT2D eigenvalue weighted by Crippen LogP contribution is -2.38. The van der Waals surface area contributed by atoms with E-state index in [9.17, 15) is 4.79 Å². The Balaban J connectivity index is 2.49. The van der Waals surface area contributed by atoms with Gasteiger partial charge in [-0.25, -0.2) is 0 Å². The van der Waals surface area contributed by atoms with Gasteiger partial charge in [-0.05, 0) is 32.6 Å². The van der Waals surface area contributed by atoms with Gasteiger partial charge in [-0.2, -0.15) is 0 Å². The molecule has 0 bridgehead atoms. The predicted molar refractivity (Wildman–Crippen MR) is 90.6 cm³/mol. The third kappa shape index (κ3) is 6.28. The number of carbonyl (C=O) groups is 1. The van der Waals surface area contributed by atoms with Gasteiger partial charge in [-0.1, -0.05) is 59.8 Å². The molecule has 0 amide bonds. The third-order valence-corrected chi connectivity index (χ3v) is 4.88. The van der Waals surface area contributed by atoms with Crippen molar-refractivity contribution in [2.75, 3.05) is 6.61 Å². The smallest absolute Gasteiger partial charge is 0.313 e. The van der Waals surface area contributed by atoms with Crippen LogP contribution in [0.3, 0.4) is 0 Å². The van der Waals surface area contributed by atoms with Crippen LogP contribution in [0.25, 0.3) is 0 Å². The molecule has 1 aliphatic carbocycles. The van der Waals surface area contributed by atoms with E-state index in [2.05, 4.69) is 20.8 Å². The average molecular weight is 312 g/mol. The summed E-state index contributed by atoms with van der Waals surface area (Å²) in [6, 6.07) is 0. The number of ether oxygens (including phenoxy) is 2. The zero-order chi connectivity index (χ0) is 16.8. The summed E-state index contributed by atoms with van der Waals surface area (Å²) in [4.78, 5) is 12.3. The van der Waals surface area contributed by atoms with E-state index in [4.69, 9.17) is 9.47 Å². The number of hydrogen-bond acceptors (Lipinski definition) is 3. The number of carbonyl (C=O) groups excluding carboxylic acids is 1. The Morgan fingerprint density at radius 2 is 1.68 bits per heavy atom. The van der Waals surface area contributed by atoms with Crippen LogP contribution in [-0.4, -0.2) is 18.9 Å². The molecule has 1 atom stereocenters. The largest absolute Gasteiger partial charge is 0.435 e. The van der Waals surface area contributed by atoms with Crippen LogP contribution < -0.4 is 0 Å². The van der Waals surface area contributed by atoms with E-state index < -0.39 is 11.7 Å². The van der Waals surface area contributed by atoms with Crippen LogP contribution in [0, 0.1) is 16.7 Å². The van der Waals surface area contributed by atoms with Crippen LogP contribution in [-0.2, 0) is 14.3 Å². The SMILES string of the molecule is CCC(C)(C)C(=O)OC(OCCC1CCCCC1)C(C)(C)C. The molecule has 0 saturated heterocycles. The van der Waals surface area contributed by atoms with Crippen LogP contribution in [0.4, 0.5) is 0 Å². The third-order valence-electron chi connectivity index (χ3n) is 4.88. The Bertz CT molecular complexity index is 335. The molecular formula is C19H36O3. The first-order valence-electron chi connectivity index (χ1n) is 8.99. The minimum atomic E-state index is -0.464.